The second-order valence-electron chi connectivity index (χ2n) is 25.5. The molecular weight excluding hydrogens is 1270 g/mol. The Morgan fingerprint density at radius 2 is 1.35 bits per heavy atom. The predicted octanol–water partition coefficient (Wildman–Crippen LogP) is 4.39. The minimum atomic E-state index is -2.44. The number of Topliss-reactive ketones (excluding diaryl/α,β-unsaturated/α-hetero) is 1. The summed E-state index contributed by atoms with van der Waals surface area (Å²) in [7, 11) is 0. The number of aliphatic hydroxyl groups is 1. The molecule has 9 rings (SSSR count). The van der Waals surface area contributed by atoms with Crippen molar-refractivity contribution in [3.8, 4) is 0 Å². The normalized spacial score (nSPS) is 25.8. The first-order valence-corrected chi connectivity index (χ1v) is 33.8. The van der Waals surface area contributed by atoms with E-state index in [-0.39, 0.29) is 102 Å². The molecule has 2 heterocycles. The van der Waals surface area contributed by atoms with Crippen LogP contribution >= 0.6 is 0 Å². The number of carbonyl (C=O) groups is 9. The van der Waals surface area contributed by atoms with E-state index in [2.05, 4.69) is 51.0 Å². The van der Waals surface area contributed by atoms with Gasteiger partial charge in [-0.15, -0.1) is 0 Å². The zero-order valence-electron chi connectivity index (χ0n) is 55.8. The summed E-state index contributed by atoms with van der Waals surface area (Å²) in [5.41, 5.74) is 0.132. The number of nitrogens with zero attached hydrogens (tertiary/aromatic N) is 1. The van der Waals surface area contributed by atoms with Crippen molar-refractivity contribution in [3.05, 3.63) is 125 Å². The highest BCUT2D eigenvalue weighted by atomic mass is 19.1. The molecule has 7 amide bonds. The zero-order valence-corrected chi connectivity index (χ0v) is 55.8. The largest absolute Gasteiger partial charge is 0.390 e. The Balaban J connectivity index is 0.598. The molecular formula is C72H91F2N7O17. The highest BCUT2D eigenvalue weighted by molar-refractivity contribution is 6.02. The molecule has 2 aliphatic heterocycles. The van der Waals surface area contributed by atoms with Gasteiger partial charge in [-0.3, -0.25) is 43.2 Å². The number of alkyl halides is 2. The molecule has 3 aromatic rings. The first kappa shape index (κ1) is 74.3. The van der Waals surface area contributed by atoms with E-state index in [9.17, 15) is 48.3 Å². The van der Waals surface area contributed by atoms with Crippen molar-refractivity contribution in [2.24, 2.45) is 22.7 Å². The van der Waals surface area contributed by atoms with E-state index in [0.717, 1.165) is 34.9 Å². The molecule has 3 aromatic carbocycles. The summed E-state index contributed by atoms with van der Waals surface area (Å²) in [5, 5.41) is 27.1. The van der Waals surface area contributed by atoms with Crippen LogP contribution < -0.4 is 36.8 Å². The monoisotopic (exact) mass is 1360 g/mol. The maximum Gasteiger partial charge on any atom is 0.243 e. The molecule has 4 fully saturated rings. The fourth-order valence-electron chi connectivity index (χ4n) is 14.5. The number of para-hydroxylation sites is 1. The molecule has 4 aliphatic carbocycles. The van der Waals surface area contributed by atoms with Crippen LogP contribution in [0.4, 0.5) is 14.5 Å². The lowest BCUT2D eigenvalue weighted by Crippen LogP contribution is -2.70. The Kier molecular flexibility index (Phi) is 26.7. The molecule has 6 aliphatic rings. The third-order valence-electron chi connectivity index (χ3n) is 19.3. The van der Waals surface area contributed by atoms with Gasteiger partial charge in [0.15, 0.2) is 23.5 Å². The van der Waals surface area contributed by atoms with Crippen LogP contribution in [0.25, 0.3) is 11.6 Å². The standard InChI is InChI=1S/C72H91F2N7O17/c1-4-13-67-97-58-38-52-53-37-55(73)54-36-50(82)22-24-70(54,3)72(53,74)59(83)39-71(52,68(58)98-67)60(84)44-96-45-79-64(88)41-78-69(91)56(34-46-14-7-6-8-15-46)80-65(89)42-77-63(87)40-76-62(86)23-26-92-28-30-94-32-33-95-31-29-93-27-25-75-61(85)20-21-66(90)81-43-49-17-9-11-18-51(49)47(5-2)35-48-16-10-12-19-57(48)81/h6-12,14-19,22,24,35-36,52-53,55-56,58-59,67-68,83H,4-5,13,20-21,23,25-34,37-45H2,1-3H3,(H,75,85)(H,76,86)(H,77,87)(H,78,91)(H,79,88)(H,80,89)/b47-35-/t52-,53-,55-,56-,58+,59-,67?,68?,70-,71-,72-/m0/s1. The Morgan fingerprint density at radius 1 is 0.694 bits per heavy atom. The number of nitrogens with one attached hydrogen (secondary N) is 6. The highest BCUT2D eigenvalue weighted by Gasteiger charge is 2.77. The topological polar surface area (TPSA) is 314 Å². The summed E-state index contributed by atoms with van der Waals surface area (Å²) >= 11 is 0. The molecule has 0 bridgehead atoms. The number of rotatable bonds is 36. The van der Waals surface area contributed by atoms with Gasteiger partial charge < -0.3 is 75.1 Å². The molecule has 11 atom stereocenters. The van der Waals surface area contributed by atoms with Gasteiger partial charge in [-0.2, -0.15) is 0 Å². The van der Waals surface area contributed by atoms with E-state index in [1.807, 2.05) is 49.4 Å². The first-order valence-electron chi connectivity index (χ1n) is 33.8. The van der Waals surface area contributed by atoms with Gasteiger partial charge in [0.05, 0.1) is 108 Å². The number of aliphatic hydroxyl groups excluding tert-OH is 1. The number of carbonyl (C=O) groups excluding carboxylic acids is 9. The molecule has 0 radical (unpaired) electrons. The van der Waals surface area contributed by atoms with Gasteiger partial charge in [-0.1, -0.05) is 99.1 Å². The van der Waals surface area contributed by atoms with Gasteiger partial charge in [-0.05, 0) is 103 Å². The molecule has 98 heavy (non-hydrogen) atoms. The number of hydrogen-bond acceptors (Lipinski definition) is 17. The molecule has 3 saturated carbocycles. The minimum Gasteiger partial charge on any atom is -0.390 e. The Morgan fingerprint density at radius 3 is 2.09 bits per heavy atom. The Bertz CT molecular complexity index is 3430. The predicted molar refractivity (Wildman–Crippen MR) is 354 cm³/mol. The van der Waals surface area contributed by atoms with Crippen LogP contribution in [0.5, 0.6) is 0 Å². The van der Waals surface area contributed by atoms with Crippen LogP contribution in [0, 0.1) is 22.7 Å². The highest BCUT2D eigenvalue weighted by Crippen LogP contribution is 2.69. The van der Waals surface area contributed by atoms with Crippen LogP contribution in [0.15, 0.2) is 103 Å². The molecule has 7 N–H and O–H groups in total. The van der Waals surface area contributed by atoms with E-state index in [0.29, 0.717) is 44.8 Å². The number of hydrogen-bond donors (Lipinski definition) is 7. The molecule has 24 nitrogen and oxygen atoms in total. The number of amides is 7. The van der Waals surface area contributed by atoms with Crippen LogP contribution in [0.1, 0.15) is 101 Å². The molecule has 26 heteroatoms. The zero-order chi connectivity index (χ0) is 69.8. The van der Waals surface area contributed by atoms with Gasteiger partial charge in [0.2, 0.25) is 41.4 Å². The lowest BCUT2D eigenvalue weighted by Gasteiger charge is -2.62. The van der Waals surface area contributed by atoms with Gasteiger partial charge >= 0.3 is 0 Å². The number of fused-ring (bicyclic) bond motifs is 9. The maximum atomic E-state index is 17.9. The molecule has 530 valence electrons. The third kappa shape index (κ3) is 18.1. The number of benzene rings is 3. The summed E-state index contributed by atoms with van der Waals surface area (Å²) in [5.74, 6) is -6.75. The average Bonchev–Trinajstić information content (AvgIpc) is 1.34. The lowest BCUT2D eigenvalue weighted by molar-refractivity contribution is -0.220. The van der Waals surface area contributed by atoms with Crippen molar-refractivity contribution in [1.29, 1.82) is 0 Å². The Hall–Kier alpha value is -7.95. The number of ether oxygens (including phenoxy) is 7. The van der Waals surface area contributed by atoms with Gasteiger partial charge in [-0.25, -0.2) is 8.78 Å². The van der Waals surface area contributed by atoms with Crippen molar-refractivity contribution in [2.45, 2.75) is 134 Å². The number of allylic oxidation sites excluding steroid dienone is 5. The van der Waals surface area contributed by atoms with Crippen molar-refractivity contribution >= 4 is 70.3 Å². The van der Waals surface area contributed by atoms with Crippen LogP contribution in [0.2, 0.25) is 0 Å². The van der Waals surface area contributed by atoms with Crippen molar-refractivity contribution < 1.29 is 90.2 Å². The van der Waals surface area contributed by atoms with Gasteiger partial charge in [0, 0.05) is 43.6 Å². The maximum absolute atomic E-state index is 17.9. The van der Waals surface area contributed by atoms with Gasteiger partial charge in [0.25, 0.3) is 0 Å². The molecule has 2 unspecified atom stereocenters. The minimum absolute atomic E-state index is 0.0111. The van der Waals surface area contributed by atoms with E-state index in [4.69, 9.17) is 33.2 Å². The number of anilines is 1. The second-order valence-corrected chi connectivity index (χ2v) is 25.5. The van der Waals surface area contributed by atoms with Crippen LogP contribution in [-0.2, 0) is 89.3 Å². The summed E-state index contributed by atoms with van der Waals surface area (Å²) in [6, 6.07) is 23.4. The summed E-state index contributed by atoms with van der Waals surface area (Å²) in [6.07, 6.45) is 1.59. The SMILES string of the molecule is CCCC1OC2[C@@H](C[C@H]3[C@@H]4C[C@H](F)C5=CC(=O)C=C[C@]5(C)[C@@]4(F)[C@@H](O)C[C@]23C(=O)COCNC(=O)CNC(=O)[C@H](Cc2ccccc2)NC(=O)CNC(=O)CNC(=O)CCOCCOCCOCCOCCNC(=O)CCC(=O)N2Cc3ccccc3/C(CC)=C\c3ccccc32)O1. The first-order chi connectivity index (χ1) is 47.3. The van der Waals surface area contributed by atoms with E-state index in [1.54, 1.807) is 35.2 Å². The van der Waals surface area contributed by atoms with Crippen molar-refractivity contribution in [2.75, 3.05) is 97.3 Å². The molecule has 0 aromatic heterocycles. The summed E-state index contributed by atoms with van der Waals surface area (Å²) < 4.78 is 74.4. The smallest absolute Gasteiger partial charge is 0.243 e. The molecule has 0 spiro atoms. The van der Waals surface area contributed by atoms with Crippen LogP contribution in [-0.4, -0.2) is 193 Å². The number of ketones is 2. The fourth-order valence-corrected chi connectivity index (χ4v) is 14.5. The van der Waals surface area contributed by atoms with E-state index in [1.165, 1.54) is 24.6 Å². The fraction of sp³-hybridized carbons (Fsp3) is 0.542. The second kappa shape index (κ2) is 35.2. The average molecular weight is 1360 g/mol. The van der Waals surface area contributed by atoms with E-state index < -0.39 is 139 Å². The summed E-state index contributed by atoms with van der Waals surface area (Å²) in [6.45, 7) is 5.53. The molecule has 1 saturated heterocycles. The summed E-state index contributed by atoms with van der Waals surface area (Å²) in [4.78, 5) is 120. The van der Waals surface area contributed by atoms with Gasteiger partial charge in [0.1, 0.15) is 25.6 Å². The van der Waals surface area contributed by atoms with Crippen molar-refractivity contribution in [3.63, 3.8) is 0 Å². The lowest BCUT2D eigenvalue weighted by atomic mass is 9.44. The third-order valence-corrected chi connectivity index (χ3v) is 19.3. The van der Waals surface area contributed by atoms with E-state index >= 15 is 8.78 Å². The van der Waals surface area contributed by atoms with Crippen molar-refractivity contribution in [1.82, 2.24) is 31.9 Å². The Labute approximate surface area is 569 Å². The number of halogens is 2. The quantitative estimate of drug-likeness (QED) is 0.0314. The van der Waals surface area contributed by atoms with Crippen LogP contribution in [0.3, 0.4) is 0 Å².